The van der Waals surface area contributed by atoms with Crippen LogP contribution in [0.3, 0.4) is 0 Å². The number of carbonyl (C=O) groups excluding carboxylic acids is 3. The van der Waals surface area contributed by atoms with Crippen LogP contribution in [0.5, 0.6) is 0 Å². The van der Waals surface area contributed by atoms with Crippen molar-refractivity contribution in [3.8, 4) is 0 Å². The second-order valence-corrected chi connectivity index (χ2v) is 6.58. The Morgan fingerprint density at radius 2 is 2.00 bits per heavy atom. The fraction of sp³-hybridized carbons (Fsp3) is 0.389. The van der Waals surface area contributed by atoms with Crippen molar-refractivity contribution in [3.63, 3.8) is 0 Å². The number of hydrogen-bond acceptors (Lipinski definition) is 3. The van der Waals surface area contributed by atoms with Crippen LogP contribution >= 0.6 is 11.6 Å². The molecule has 1 atom stereocenters. The van der Waals surface area contributed by atoms with E-state index in [0.29, 0.717) is 17.7 Å². The van der Waals surface area contributed by atoms with Crippen LogP contribution in [0.15, 0.2) is 29.8 Å². The molecule has 0 saturated carbocycles. The van der Waals surface area contributed by atoms with E-state index in [4.69, 9.17) is 11.6 Å². The highest BCUT2D eigenvalue weighted by atomic mass is 35.5. The van der Waals surface area contributed by atoms with E-state index >= 15 is 0 Å². The number of likely N-dealkylation sites (N-methyl/N-ethyl adjacent to an activating group) is 1. The van der Waals surface area contributed by atoms with Crippen molar-refractivity contribution in [2.24, 2.45) is 5.92 Å². The average molecular weight is 384 g/mol. The molecule has 6 nitrogen and oxygen atoms in total. The lowest BCUT2D eigenvalue weighted by Gasteiger charge is -2.29. The van der Waals surface area contributed by atoms with Gasteiger partial charge < -0.3 is 15.5 Å². The molecule has 0 aliphatic rings. The number of anilines is 1. The molecule has 142 valence electrons. The Morgan fingerprint density at radius 1 is 1.35 bits per heavy atom. The number of halogens is 2. The molecule has 1 unspecified atom stereocenters. The van der Waals surface area contributed by atoms with Gasteiger partial charge >= 0.3 is 0 Å². The lowest BCUT2D eigenvalue weighted by Crippen LogP contribution is -2.43. The van der Waals surface area contributed by atoms with Gasteiger partial charge in [0.25, 0.3) is 5.91 Å². The molecule has 0 saturated heterocycles. The first kappa shape index (κ1) is 21.6. The van der Waals surface area contributed by atoms with E-state index in [2.05, 4.69) is 10.6 Å². The highest BCUT2D eigenvalue weighted by Crippen LogP contribution is 2.20. The Kier molecular flexibility index (Phi) is 8.25. The summed E-state index contributed by atoms with van der Waals surface area (Å²) in [5.74, 6) is -1.18. The Bertz CT molecular complexity index is 707. The molecule has 0 bridgehead atoms. The zero-order valence-corrected chi connectivity index (χ0v) is 15.9. The fourth-order valence-electron chi connectivity index (χ4n) is 2.31. The van der Waals surface area contributed by atoms with Gasteiger partial charge in [0.05, 0.1) is 17.6 Å². The van der Waals surface area contributed by atoms with Crippen LogP contribution in [0.4, 0.5) is 10.1 Å². The van der Waals surface area contributed by atoms with Gasteiger partial charge in [-0.1, -0.05) is 31.5 Å². The van der Waals surface area contributed by atoms with Gasteiger partial charge in [0.1, 0.15) is 5.82 Å². The Morgan fingerprint density at radius 3 is 2.54 bits per heavy atom. The van der Waals surface area contributed by atoms with E-state index in [-0.39, 0.29) is 35.3 Å². The number of rotatable bonds is 8. The van der Waals surface area contributed by atoms with E-state index in [0.717, 1.165) is 0 Å². The molecule has 0 heterocycles. The smallest absolute Gasteiger partial charge is 0.251 e. The minimum Gasteiger partial charge on any atom is -0.350 e. The summed E-state index contributed by atoms with van der Waals surface area (Å²) >= 11 is 5.71. The van der Waals surface area contributed by atoms with Crippen LogP contribution in [-0.4, -0.2) is 42.8 Å². The van der Waals surface area contributed by atoms with Gasteiger partial charge in [-0.15, -0.1) is 0 Å². The molecule has 8 heteroatoms. The maximum Gasteiger partial charge on any atom is 0.251 e. The summed E-state index contributed by atoms with van der Waals surface area (Å²) in [6.07, 6.45) is 2.14. The van der Waals surface area contributed by atoms with Crippen LogP contribution in [0.1, 0.15) is 20.8 Å². The van der Waals surface area contributed by atoms with E-state index < -0.39 is 5.82 Å². The summed E-state index contributed by atoms with van der Waals surface area (Å²) < 4.78 is 13.2. The van der Waals surface area contributed by atoms with Crippen molar-refractivity contribution in [1.29, 1.82) is 0 Å². The number of nitrogens with one attached hydrogen (secondary N) is 2. The normalized spacial score (nSPS) is 12.5. The van der Waals surface area contributed by atoms with Crippen LogP contribution in [-0.2, 0) is 14.4 Å². The Labute approximate surface area is 157 Å². The molecule has 0 aromatic heterocycles. The zero-order chi connectivity index (χ0) is 19.9. The van der Waals surface area contributed by atoms with E-state index in [1.807, 2.05) is 13.8 Å². The molecule has 0 fully saturated rings. The Balaban J connectivity index is 2.90. The summed E-state index contributed by atoms with van der Waals surface area (Å²) in [7, 11) is 1.61. The van der Waals surface area contributed by atoms with Crippen LogP contribution in [0, 0.1) is 11.7 Å². The SMILES string of the molecule is C/C(=C\C(C(C)C)N(C)C(=O)CNC=O)C(=O)Nc1ccc(F)c(Cl)c1. The highest BCUT2D eigenvalue weighted by molar-refractivity contribution is 6.31. The van der Waals surface area contributed by atoms with Crippen molar-refractivity contribution in [3.05, 3.63) is 40.7 Å². The maximum absolute atomic E-state index is 13.2. The van der Waals surface area contributed by atoms with Gasteiger partial charge in [0.15, 0.2) is 0 Å². The lowest BCUT2D eigenvalue weighted by molar-refractivity contribution is -0.132. The third-order valence-electron chi connectivity index (χ3n) is 3.82. The molecular formula is C18H23ClFN3O3. The second-order valence-electron chi connectivity index (χ2n) is 6.17. The van der Waals surface area contributed by atoms with Crippen LogP contribution in [0.2, 0.25) is 5.02 Å². The first-order valence-electron chi connectivity index (χ1n) is 8.04. The minimum atomic E-state index is -0.569. The predicted octanol–water partition coefficient (Wildman–Crippen LogP) is 2.59. The van der Waals surface area contributed by atoms with E-state index in [1.54, 1.807) is 20.0 Å². The van der Waals surface area contributed by atoms with Crippen LogP contribution in [0.25, 0.3) is 0 Å². The summed E-state index contributed by atoms with van der Waals surface area (Å²) in [6, 6.07) is 3.56. The molecule has 3 amide bonds. The third-order valence-corrected chi connectivity index (χ3v) is 4.11. The first-order chi connectivity index (χ1) is 12.2. The van der Waals surface area contributed by atoms with Crippen molar-refractivity contribution in [1.82, 2.24) is 10.2 Å². The molecule has 1 aromatic rings. The van der Waals surface area contributed by atoms with Crippen molar-refractivity contribution in [2.45, 2.75) is 26.8 Å². The lowest BCUT2D eigenvalue weighted by atomic mass is 9.99. The molecule has 0 radical (unpaired) electrons. The fourth-order valence-corrected chi connectivity index (χ4v) is 2.49. The molecule has 2 N–H and O–H groups in total. The quantitative estimate of drug-likeness (QED) is 0.535. The summed E-state index contributed by atoms with van der Waals surface area (Å²) in [5.41, 5.74) is 0.766. The van der Waals surface area contributed by atoms with Crippen molar-refractivity contribution >= 4 is 35.5 Å². The van der Waals surface area contributed by atoms with Crippen molar-refractivity contribution in [2.75, 3.05) is 18.9 Å². The molecule has 0 aliphatic heterocycles. The highest BCUT2D eigenvalue weighted by Gasteiger charge is 2.22. The molecule has 0 spiro atoms. The topological polar surface area (TPSA) is 78.5 Å². The van der Waals surface area contributed by atoms with E-state index in [1.165, 1.54) is 23.1 Å². The van der Waals surface area contributed by atoms with Gasteiger partial charge in [0.2, 0.25) is 12.3 Å². The van der Waals surface area contributed by atoms with Gasteiger partial charge in [-0.25, -0.2) is 4.39 Å². The molecule has 1 rings (SSSR count). The van der Waals surface area contributed by atoms with Crippen LogP contribution < -0.4 is 10.6 Å². The maximum atomic E-state index is 13.2. The summed E-state index contributed by atoms with van der Waals surface area (Å²) in [5, 5.41) is 4.88. The standard InChI is InChI=1S/C18H23ClFN3O3/c1-11(2)16(23(4)17(25)9-21-10-24)7-12(3)18(26)22-13-5-6-15(20)14(19)8-13/h5-8,10-11,16H,9H2,1-4H3,(H,21,24)(H,22,26)/b12-7+. The first-order valence-corrected chi connectivity index (χ1v) is 8.42. The van der Waals surface area contributed by atoms with Gasteiger partial charge in [0, 0.05) is 18.3 Å². The summed E-state index contributed by atoms with van der Waals surface area (Å²) in [6.45, 7) is 5.35. The number of nitrogens with zero attached hydrogens (tertiary/aromatic N) is 1. The summed E-state index contributed by atoms with van der Waals surface area (Å²) in [4.78, 5) is 36.3. The molecule has 0 aliphatic carbocycles. The Hall–Kier alpha value is -2.41. The number of benzene rings is 1. The van der Waals surface area contributed by atoms with E-state index in [9.17, 15) is 18.8 Å². The average Bonchev–Trinajstić information content (AvgIpc) is 2.59. The number of hydrogen-bond donors (Lipinski definition) is 2. The van der Waals surface area contributed by atoms with Gasteiger partial charge in [-0.05, 0) is 31.0 Å². The minimum absolute atomic E-state index is 0.0446. The van der Waals surface area contributed by atoms with Gasteiger partial charge in [-0.3, -0.25) is 14.4 Å². The second kappa shape index (κ2) is 9.91. The van der Waals surface area contributed by atoms with Crippen molar-refractivity contribution < 1.29 is 18.8 Å². The monoisotopic (exact) mass is 383 g/mol. The molecule has 26 heavy (non-hydrogen) atoms. The van der Waals surface area contributed by atoms with Gasteiger partial charge in [-0.2, -0.15) is 0 Å². The largest absolute Gasteiger partial charge is 0.350 e. The zero-order valence-electron chi connectivity index (χ0n) is 15.2. The number of amides is 3. The predicted molar refractivity (Wildman–Crippen MR) is 99.3 cm³/mol. The molecule has 1 aromatic carbocycles. The third kappa shape index (κ3) is 6.15. The molecular weight excluding hydrogens is 361 g/mol. The number of carbonyl (C=O) groups is 3.